The van der Waals surface area contributed by atoms with Gasteiger partial charge in [-0.3, -0.25) is 19.1 Å². The number of hydrogen-bond donors (Lipinski definition) is 1. The van der Waals surface area contributed by atoms with E-state index in [-0.39, 0.29) is 29.0 Å². The molecule has 1 aromatic heterocycles. The number of amides is 3. The van der Waals surface area contributed by atoms with Crippen LogP contribution in [0, 0.1) is 5.92 Å². The van der Waals surface area contributed by atoms with Gasteiger partial charge in [-0.1, -0.05) is 42.1 Å². The summed E-state index contributed by atoms with van der Waals surface area (Å²) >= 11 is 1.16. The van der Waals surface area contributed by atoms with Crippen molar-refractivity contribution in [3.63, 3.8) is 0 Å². The highest BCUT2D eigenvalue weighted by Gasteiger charge is 2.36. The maximum Gasteiger partial charge on any atom is 0.279 e. The number of carbonyl (C=O) groups excluding carboxylic acids is 3. The van der Waals surface area contributed by atoms with Crippen molar-refractivity contribution >= 4 is 28.8 Å². The van der Waals surface area contributed by atoms with Crippen molar-refractivity contribution in [3.8, 4) is 0 Å². The van der Waals surface area contributed by atoms with Crippen molar-refractivity contribution in [2.45, 2.75) is 31.3 Å². The average molecular weight is 456 g/mol. The van der Waals surface area contributed by atoms with Gasteiger partial charge in [0.1, 0.15) is 11.7 Å². The standard InChI is InChI=1S/C23H29N5O3S/c1-26-11-10-18(25-26)21(29)27(2)20(14-16-6-4-3-5-7-16)17-8-12-28(13-9-17)22(30)19-15-32-23(31)24-19/h3-7,10-11,17,19-20H,8-9,12-15H2,1-2H3,(H,24,31)/t19-,20?/m0/s1. The molecule has 2 atom stereocenters. The first-order chi connectivity index (χ1) is 15.4. The van der Waals surface area contributed by atoms with Gasteiger partial charge in [0.05, 0.1) is 0 Å². The highest BCUT2D eigenvalue weighted by atomic mass is 32.2. The minimum absolute atomic E-state index is 0.000624. The van der Waals surface area contributed by atoms with Crippen molar-refractivity contribution in [3.05, 3.63) is 53.9 Å². The number of hydrogen-bond acceptors (Lipinski definition) is 5. The molecule has 2 fully saturated rings. The van der Waals surface area contributed by atoms with Crippen LogP contribution in [0.15, 0.2) is 42.6 Å². The van der Waals surface area contributed by atoms with Crippen molar-refractivity contribution in [1.82, 2.24) is 24.9 Å². The number of likely N-dealkylation sites (N-methyl/N-ethyl adjacent to an activating group) is 1. The second-order valence-electron chi connectivity index (χ2n) is 8.51. The molecule has 32 heavy (non-hydrogen) atoms. The predicted molar refractivity (Wildman–Crippen MR) is 123 cm³/mol. The molecule has 3 heterocycles. The zero-order valence-electron chi connectivity index (χ0n) is 18.4. The third-order valence-corrected chi connectivity index (χ3v) is 7.28. The summed E-state index contributed by atoms with van der Waals surface area (Å²) in [4.78, 5) is 41.0. The third-order valence-electron chi connectivity index (χ3n) is 6.40. The zero-order chi connectivity index (χ0) is 22.7. The lowest BCUT2D eigenvalue weighted by Crippen LogP contribution is -2.52. The minimum Gasteiger partial charge on any atom is -0.341 e. The van der Waals surface area contributed by atoms with E-state index in [4.69, 9.17) is 0 Å². The molecule has 1 aromatic carbocycles. The number of nitrogens with zero attached hydrogens (tertiary/aromatic N) is 4. The fraction of sp³-hybridized carbons (Fsp3) is 0.478. The molecular formula is C23H29N5O3S. The van der Waals surface area contributed by atoms with E-state index in [1.165, 1.54) is 5.56 Å². The van der Waals surface area contributed by atoms with Crippen LogP contribution in [-0.2, 0) is 18.3 Å². The lowest BCUT2D eigenvalue weighted by molar-refractivity contribution is -0.134. The molecule has 2 aromatic rings. The van der Waals surface area contributed by atoms with Crippen LogP contribution in [-0.4, -0.2) is 74.6 Å². The Bertz CT molecular complexity index is 971. The number of nitrogens with one attached hydrogen (secondary N) is 1. The molecule has 1 unspecified atom stereocenters. The van der Waals surface area contributed by atoms with E-state index in [2.05, 4.69) is 22.5 Å². The third kappa shape index (κ3) is 4.98. The Balaban J connectivity index is 1.46. The molecular weight excluding hydrogens is 426 g/mol. The summed E-state index contributed by atoms with van der Waals surface area (Å²) in [5, 5.41) is 6.90. The summed E-state index contributed by atoms with van der Waals surface area (Å²) in [6.07, 6.45) is 4.16. The maximum absolute atomic E-state index is 13.2. The monoisotopic (exact) mass is 455 g/mol. The Kier molecular flexibility index (Phi) is 6.83. The highest BCUT2D eigenvalue weighted by Crippen LogP contribution is 2.28. The fourth-order valence-corrected chi connectivity index (χ4v) is 5.35. The van der Waals surface area contributed by atoms with Crippen LogP contribution >= 0.6 is 11.8 Å². The van der Waals surface area contributed by atoms with Gasteiger partial charge in [-0.15, -0.1) is 0 Å². The second kappa shape index (κ2) is 9.77. The largest absolute Gasteiger partial charge is 0.341 e. The van der Waals surface area contributed by atoms with Crippen molar-refractivity contribution < 1.29 is 14.4 Å². The van der Waals surface area contributed by atoms with E-state index >= 15 is 0 Å². The second-order valence-corrected chi connectivity index (χ2v) is 9.50. The average Bonchev–Trinajstić information content (AvgIpc) is 3.45. The molecule has 0 radical (unpaired) electrons. The van der Waals surface area contributed by atoms with E-state index < -0.39 is 6.04 Å². The molecule has 2 saturated heterocycles. The first kappa shape index (κ1) is 22.4. The maximum atomic E-state index is 13.2. The van der Waals surface area contributed by atoms with Crippen LogP contribution < -0.4 is 5.32 Å². The fourth-order valence-electron chi connectivity index (χ4n) is 4.58. The van der Waals surface area contributed by atoms with Crippen LogP contribution in [0.1, 0.15) is 28.9 Å². The van der Waals surface area contributed by atoms with Gasteiger partial charge < -0.3 is 15.1 Å². The summed E-state index contributed by atoms with van der Waals surface area (Å²) in [5.41, 5.74) is 1.62. The van der Waals surface area contributed by atoms with Crippen LogP contribution in [0.5, 0.6) is 0 Å². The van der Waals surface area contributed by atoms with Gasteiger partial charge in [0, 0.05) is 45.2 Å². The van der Waals surface area contributed by atoms with E-state index in [1.54, 1.807) is 24.0 Å². The molecule has 4 rings (SSSR count). The number of piperidine rings is 1. The smallest absolute Gasteiger partial charge is 0.279 e. The van der Waals surface area contributed by atoms with Crippen molar-refractivity contribution in [1.29, 1.82) is 0 Å². The van der Waals surface area contributed by atoms with Gasteiger partial charge in [-0.05, 0) is 36.8 Å². The first-order valence-corrected chi connectivity index (χ1v) is 11.9. The lowest BCUT2D eigenvalue weighted by Gasteiger charge is -2.40. The summed E-state index contributed by atoms with van der Waals surface area (Å²) in [6, 6.07) is 11.5. The number of carbonyl (C=O) groups is 3. The number of aromatic nitrogens is 2. The molecule has 3 amide bonds. The Morgan fingerprint density at radius 2 is 1.94 bits per heavy atom. The minimum atomic E-state index is -0.419. The summed E-state index contributed by atoms with van der Waals surface area (Å²) < 4.78 is 1.64. The Hall–Kier alpha value is -2.81. The van der Waals surface area contributed by atoms with Crippen molar-refractivity contribution in [2.75, 3.05) is 25.9 Å². The van der Waals surface area contributed by atoms with Gasteiger partial charge in [0.15, 0.2) is 0 Å². The van der Waals surface area contributed by atoms with Gasteiger partial charge in [0.2, 0.25) is 5.91 Å². The molecule has 2 aliphatic heterocycles. The number of likely N-dealkylation sites (tertiary alicyclic amines) is 1. The summed E-state index contributed by atoms with van der Waals surface area (Å²) in [7, 11) is 3.66. The molecule has 170 valence electrons. The van der Waals surface area contributed by atoms with Crippen LogP contribution in [0.2, 0.25) is 0 Å². The number of benzene rings is 1. The SMILES string of the molecule is CN(C(=O)c1ccn(C)n1)C(Cc1ccccc1)C1CCN(C(=O)[C@@H]2CSC(=O)N2)CC1. The highest BCUT2D eigenvalue weighted by molar-refractivity contribution is 8.14. The molecule has 0 saturated carbocycles. The van der Waals surface area contributed by atoms with Crippen LogP contribution in [0.3, 0.4) is 0 Å². The summed E-state index contributed by atoms with van der Waals surface area (Å²) in [6.45, 7) is 1.27. The number of rotatable bonds is 6. The predicted octanol–water partition coefficient (Wildman–Crippen LogP) is 2.17. The zero-order valence-corrected chi connectivity index (χ0v) is 19.3. The molecule has 2 aliphatic rings. The van der Waals surface area contributed by atoms with E-state index in [9.17, 15) is 14.4 Å². The normalized spacial score (nSPS) is 20.1. The Morgan fingerprint density at radius 1 is 1.22 bits per heavy atom. The van der Waals surface area contributed by atoms with Gasteiger partial charge in [0.25, 0.3) is 11.1 Å². The molecule has 0 bridgehead atoms. The Morgan fingerprint density at radius 3 is 2.53 bits per heavy atom. The van der Waals surface area contributed by atoms with Crippen molar-refractivity contribution in [2.24, 2.45) is 13.0 Å². The quantitative estimate of drug-likeness (QED) is 0.721. The number of aryl methyl sites for hydroxylation is 1. The molecule has 0 spiro atoms. The van der Waals surface area contributed by atoms with Gasteiger partial charge in [-0.25, -0.2) is 0 Å². The van der Waals surface area contributed by atoms with E-state index in [1.807, 2.05) is 35.0 Å². The molecule has 8 nitrogen and oxygen atoms in total. The van der Waals surface area contributed by atoms with E-state index in [0.717, 1.165) is 31.0 Å². The summed E-state index contributed by atoms with van der Waals surface area (Å²) in [5.74, 6) is 0.676. The van der Waals surface area contributed by atoms with Crippen LogP contribution in [0.4, 0.5) is 4.79 Å². The molecule has 0 aliphatic carbocycles. The lowest BCUT2D eigenvalue weighted by atomic mass is 9.84. The van der Waals surface area contributed by atoms with Crippen LogP contribution in [0.25, 0.3) is 0 Å². The van der Waals surface area contributed by atoms with Gasteiger partial charge >= 0.3 is 0 Å². The molecule has 1 N–H and O–H groups in total. The topological polar surface area (TPSA) is 87.5 Å². The van der Waals surface area contributed by atoms with Gasteiger partial charge in [-0.2, -0.15) is 5.10 Å². The number of thioether (sulfide) groups is 1. The van der Waals surface area contributed by atoms with E-state index in [0.29, 0.717) is 24.5 Å². The Labute approximate surface area is 192 Å². The first-order valence-electron chi connectivity index (χ1n) is 10.9. The molecule has 9 heteroatoms.